The van der Waals surface area contributed by atoms with Crippen molar-refractivity contribution in [2.45, 2.75) is 174 Å². The zero-order valence-corrected chi connectivity index (χ0v) is 46.3. The van der Waals surface area contributed by atoms with E-state index in [-0.39, 0.29) is 50.6 Å². The van der Waals surface area contributed by atoms with Gasteiger partial charge in [0.25, 0.3) is 0 Å². The summed E-state index contributed by atoms with van der Waals surface area (Å²) in [4.78, 5) is 134. The van der Waals surface area contributed by atoms with Crippen LogP contribution in [0.15, 0.2) is 60.7 Å². The van der Waals surface area contributed by atoms with Gasteiger partial charge in [-0.3, -0.25) is 43.2 Å². The number of amides is 9. The minimum Gasteiger partial charge on any atom is -0.343 e. The van der Waals surface area contributed by atoms with Gasteiger partial charge in [0.05, 0.1) is 0 Å². The van der Waals surface area contributed by atoms with Crippen molar-refractivity contribution >= 4 is 64.9 Å². The van der Waals surface area contributed by atoms with E-state index in [1.54, 1.807) is 32.9 Å². The van der Waals surface area contributed by atoms with Crippen molar-refractivity contribution < 1.29 is 43.2 Å². The predicted octanol–water partition coefficient (Wildman–Crippen LogP) is 3.41. The summed E-state index contributed by atoms with van der Waals surface area (Å²) in [5.74, 6) is -6.19. The molecule has 18 nitrogen and oxygen atoms in total. The van der Waals surface area contributed by atoms with Crippen LogP contribution in [0, 0.1) is 23.7 Å². The van der Waals surface area contributed by atoms with E-state index in [1.165, 1.54) is 21.6 Å². The summed E-state index contributed by atoms with van der Waals surface area (Å²) in [7, 11) is 0. The van der Waals surface area contributed by atoms with Crippen LogP contribution in [0.5, 0.6) is 0 Å². The Labute approximate surface area is 447 Å². The highest BCUT2D eigenvalue weighted by atomic mass is 32.2. The molecule has 7 N–H and O–H groups in total. The Balaban J connectivity index is 1.60. The van der Waals surface area contributed by atoms with Crippen molar-refractivity contribution in [2.24, 2.45) is 23.7 Å². The molecule has 0 spiro atoms. The number of nitrogens with one attached hydrogen (secondary N) is 7. The lowest BCUT2D eigenvalue weighted by molar-refractivity contribution is -0.149. The number of carbonyl (C=O) groups excluding carboxylic acids is 9. The minimum absolute atomic E-state index is 0.0206. The van der Waals surface area contributed by atoms with Crippen LogP contribution in [-0.4, -0.2) is 142 Å². The lowest BCUT2D eigenvalue weighted by atomic mass is 9.95. The van der Waals surface area contributed by atoms with E-state index in [9.17, 15) is 43.2 Å². The molecule has 75 heavy (non-hydrogen) atoms. The van der Waals surface area contributed by atoms with Crippen LogP contribution in [-0.2, 0) is 56.0 Å². The van der Waals surface area contributed by atoms with Crippen LogP contribution in [0.3, 0.4) is 0 Å². The van der Waals surface area contributed by atoms with E-state index in [1.807, 2.05) is 89.4 Å². The van der Waals surface area contributed by atoms with Gasteiger partial charge < -0.3 is 47.0 Å². The third kappa shape index (κ3) is 16.5. The molecule has 3 aliphatic heterocycles. The first-order chi connectivity index (χ1) is 35.8. The minimum atomic E-state index is -1.24. The fourth-order valence-corrected chi connectivity index (χ4v) is 10.5. The molecule has 2 aromatic rings. The van der Waals surface area contributed by atoms with Crippen LogP contribution in [0.2, 0.25) is 0 Å². The van der Waals surface area contributed by atoms with Crippen molar-refractivity contribution in [2.75, 3.05) is 25.1 Å². The van der Waals surface area contributed by atoms with E-state index >= 15 is 0 Å². The largest absolute Gasteiger partial charge is 0.343 e. The molecular weight excluding hydrogens is 975 g/mol. The first-order valence-corrected chi connectivity index (χ1v) is 28.5. The van der Waals surface area contributed by atoms with Crippen molar-refractivity contribution in [3.05, 3.63) is 71.8 Å². The topological polar surface area (TPSA) is 244 Å². The van der Waals surface area contributed by atoms with E-state index in [0.29, 0.717) is 49.8 Å². The van der Waals surface area contributed by atoms with Gasteiger partial charge in [-0.05, 0) is 85.3 Å². The second-order valence-corrected chi connectivity index (χ2v) is 22.4. The first kappa shape index (κ1) is 59.9. The second kappa shape index (κ2) is 28.8. The lowest BCUT2D eigenvalue weighted by Crippen LogP contribution is -2.62. The van der Waals surface area contributed by atoms with Crippen LogP contribution >= 0.6 is 11.8 Å². The molecule has 0 radical (unpaired) electrons. The van der Waals surface area contributed by atoms with Gasteiger partial charge in [0.1, 0.15) is 54.4 Å². The highest BCUT2D eigenvalue weighted by Crippen LogP contribution is 2.27. The Kier molecular flexibility index (Phi) is 23.0. The van der Waals surface area contributed by atoms with Gasteiger partial charge in [-0.15, -0.1) is 0 Å². The number of rotatable bonds is 14. The molecule has 0 aromatic heterocycles. The third-order valence-corrected chi connectivity index (χ3v) is 15.5. The predicted molar refractivity (Wildman–Crippen MR) is 289 cm³/mol. The molecule has 19 heteroatoms. The van der Waals surface area contributed by atoms with Crippen molar-refractivity contribution in [3.8, 4) is 0 Å². The molecule has 5 rings (SSSR count). The normalized spacial score (nSPS) is 27.2. The third-order valence-electron chi connectivity index (χ3n) is 14.9. The molecule has 3 fully saturated rings. The van der Waals surface area contributed by atoms with E-state index in [0.717, 1.165) is 5.56 Å². The number of hydrogen-bond acceptors (Lipinski definition) is 10. The van der Waals surface area contributed by atoms with Crippen molar-refractivity contribution in [1.29, 1.82) is 0 Å². The summed E-state index contributed by atoms with van der Waals surface area (Å²) in [6.07, 6.45) is 4.95. The SMILES string of the molecule is CC[C@@H](C)[C@@H]1NC(=O)[C@H](CC(C)C)NC(=O)[C@H](CCSC)NC(=O)[C@H]([C@@H](C)CC)NC(=O)[C@@H](C(C)C)NC(=O)[C@H](Cc2ccccc2)NC(=O)[C@H](Cc2ccccc2)NC(=O)[C@@H]2CCCN2C(=O)[C@@H]2CCCN2C1=O. The molecule has 0 saturated carbocycles. The number of carbonyl (C=O) groups is 9. The molecule has 0 aliphatic carbocycles. The molecule has 3 heterocycles. The smallest absolute Gasteiger partial charge is 0.246 e. The summed E-state index contributed by atoms with van der Waals surface area (Å²) in [5, 5.41) is 20.3. The zero-order valence-electron chi connectivity index (χ0n) is 45.4. The average Bonchev–Trinajstić information content (AvgIpc) is 4.10. The van der Waals surface area contributed by atoms with E-state index < -0.39 is 119 Å². The quantitative estimate of drug-likeness (QED) is 0.145. The number of benzene rings is 2. The zero-order chi connectivity index (χ0) is 54.9. The standard InChI is InChI=1S/C56H83N9O9S/c1-10-35(7)46-54(72)57-39(26-29-75-9)48(66)58-40(30-33(3)4)50(68)63-47(36(8)11-2)56(74)65-28-19-25-44(65)55(73)64-27-18-24-43(64)52(70)60-41(31-37-20-14-12-15-21-37)49(67)59-42(32-38-22-16-13-17-23-38)51(69)61-45(34(5)6)53(71)62-46/h12-17,20-23,33-36,39-47H,10-11,18-19,24-32H2,1-9H3,(H,57,72)(H,58,66)(H,59,67)(H,60,70)(H,61,69)(H,62,71)(H,63,68)/t35-,36+,39-,40-,41-,42-,43-,44-,45+,46-,47-/m0/s1. The monoisotopic (exact) mass is 1060 g/mol. The van der Waals surface area contributed by atoms with Crippen molar-refractivity contribution in [3.63, 3.8) is 0 Å². The van der Waals surface area contributed by atoms with Gasteiger partial charge in [-0.1, -0.05) is 129 Å². The van der Waals surface area contributed by atoms with Gasteiger partial charge >= 0.3 is 0 Å². The highest BCUT2D eigenvalue weighted by Gasteiger charge is 2.46. The summed E-state index contributed by atoms with van der Waals surface area (Å²) in [5.41, 5.74) is 1.43. The van der Waals surface area contributed by atoms with Crippen LogP contribution in [0.1, 0.15) is 118 Å². The van der Waals surface area contributed by atoms with Gasteiger partial charge in [-0.2, -0.15) is 11.8 Å². The van der Waals surface area contributed by atoms with Crippen molar-refractivity contribution in [1.82, 2.24) is 47.0 Å². The fourth-order valence-electron chi connectivity index (χ4n) is 10.0. The molecule has 11 atom stereocenters. The van der Waals surface area contributed by atoms with E-state index in [4.69, 9.17) is 0 Å². The molecule has 412 valence electrons. The summed E-state index contributed by atoms with van der Waals surface area (Å²) in [6, 6.07) is 8.17. The molecule has 0 unspecified atom stereocenters. The average molecular weight is 1060 g/mol. The summed E-state index contributed by atoms with van der Waals surface area (Å²) < 4.78 is 0. The first-order valence-electron chi connectivity index (χ1n) is 27.1. The van der Waals surface area contributed by atoms with Gasteiger partial charge in [0.15, 0.2) is 0 Å². The van der Waals surface area contributed by atoms with Crippen LogP contribution in [0.4, 0.5) is 0 Å². The summed E-state index contributed by atoms with van der Waals surface area (Å²) >= 11 is 1.47. The number of thioether (sulfide) groups is 1. The molecule has 9 amide bonds. The number of fused-ring (bicyclic) bond motifs is 2. The Morgan fingerprint density at radius 3 is 1.45 bits per heavy atom. The molecular formula is C56H83N9O9S. The number of nitrogens with zero attached hydrogens (tertiary/aromatic N) is 2. The Hall–Kier alpha value is -5.98. The Bertz CT molecular complexity index is 2290. The van der Waals surface area contributed by atoms with Gasteiger partial charge in [0, 0.05) is 25.9 Å². The van der Waals surface area contributed by atoms with Crippen LogP contribution < -0.4 is 37.2 Å². The maximum absolute atomic E-state index is 14.8. The second-order valence-electron chi connectivity index (χ2n) is 21.4. The maximum Gasteiger partial charge on any atom is 0.246 e. The fraction of sp³-hybridized carbons (Fsp3) is 0.625. The molecule has 0 bridgehead atoms. The molecule has 3 aliphatic rings. The number of hydrogen-bond donors (Lipinski definition) is 7. The highest BCUT2D eigenvalue weighted by molar-refractivity contribution is 7.98. The lowest BCUT2D eigenvalue weighted by Gasteiger charge is -2.35. The van der Waals surface area contributed by atoms with Crippen LogP contribution in [0.25, 0.3) is 0 Å². The van der Waals surface area contributed by atoms with Gasteiger partial charge in [-0.25, -0.2) is 0 Å². The molecule has 3 saturated heterocycles. The van der Waals surface area contributed by atoms with Gasteiger partial charge in [0.2, 0.25) is 53.2 Å². The molecule has 2 aromatic carbocycles. The summed E-state index contributed by atoms with van der Waals surface area (Å²) in [6.45, 7) is 15.2. The Morgan fingerprint density at radius 1 is 0.493 bits per heavy atom. The van der Waals surface area contributed by atoms with E-state index in [2.05, 4.69) is 37.2 Å². The maximum atomic E-state index is 14.8. The Morgan fingerprint density at radius 2 is 0.920 bits per heavy atom.